The standard InChI is InChI=1S/C14H19NO2/c1-17-14(16)8-13(9-15)12-6-4-11(5-7-12)10-2-3-10/h4-7,10,13H,2-3,8-9,15H2,1H3. The van der Waals surface area contributed by atoms with Crippen LogP contribution in [0.3, 0.4) is 0 Å². The monoisotopic (exact) mass is 233 g/mol. The number of nitrogens with two attached hydrogens (primary N) is 1. The van der Waals surface area contributed by atoms with Gasteiger partial charge in [0.15, 0.2) is 0 Å². The minimum atomic E-state index is -0.202. The molecule has 1 atom stereocenters. The smallest absolute Gasteiger partial charge is 0.306 e. The van der Waals surface area contributed by atoms with Gasteiger partial charge in [-0.25, -0.2) is 0 Å². The van der Waals surface area contributed by atoms with E-state index in [2.05, 4.69) is 29.0 Å². The molecule has 0 saturated heterocycles. The minimum Gasteiger partial charge on any atom is -0.469 e. The van der Waals surface area contributed by atoms with E-state index in [0.29, 0.717) is 13.0 Å². The summed E-state index contributed by atoms with van der Waals surface area (Å²) < 4.78 is 4.68. The summed E-state index contributed by atoms with van der Waals surface area (Å²) in [6.45, 7) is 0.470. The Hall–Kier alpha value is -1.35. The lowest BCUT2D eigenvalue weighted by molar-refractivity contribution is -0.141. The van der Waals surface area contributed by atoms with Gasteiger partial charge in [-0.15, -0.1) is 0 Å². The zero-order chi connectivity index (χ0) is 12.3. The minimum absolute atomic E-state index is 0.0655. The highest BCUT2D eigenvalue weighted by molar-refractivity contribution is 5.70. The molecule has 1 aliphatic rings. The molecule has 0 aliphatic heterocycles. The van der Waals surface area contributed by atoms with Crippen LogP contribution in [-0.2, 0) is 9.53 Å². The van der Waals surface area contributed by atoms with E-state index in [1.807, 2.05) is 0 Å². The van der Waals surface area contributed by atoms with Crippen LogP contribution < -0.4 is 5.73 Å². The molecule has 1 aromatic carbocycles. The molecule has 92 valence electrons. The third kappa shape index (κ3) is 3.07. The molecule has 1 saturated carbocycles. The molecular formula is C14H19NO2. The lowest BCUT2D eigenvalue weighted by Crippen LogP contribution is -2.17. The van der Waals surface area contributed by atoms with E-state index in [9.17, 15) is 4.79 Å². The first-order valence-corrected chi connectivity index (χ1v) is 6.11. The van der Waals surface area contributed by atoms with Crippen LogP contribution in [0.5, 0.6) is 0 Å². The summed E-state index contributed by atoms with van der Waals surface area (Å²) in [6.07, 6.45) is 2.97. The topological polar surface area (TPSA) is 52.3 Å². The Bertz CT molecular complexity index is 382. The molecule has 0 aromatic heterocycles. The normalized spacial score (nSPS) is 16.6. The zero-order valence-electron chi connectivity index (χ0n) is 10.2. The number of esters is 1. The Labute approximate surface area is 102 Å². The zero-order valence-corrected chi connectivity index (χ0v) is 10.2. The molecule has 3 nitrogen and oxygen atoms in total. The van der Waals surface area contributed by atoms with E-state index >= 15 is 0 Å². The van der Waals surface area contributed by atoms with Gasteiger partial charge in [-0.1, -0.05) is 24.3 Å². The number of carbonyl (C=O) groups excluding carboxylic acids is 1. The maximum Gasteiger partial charge on any atom is 0.306 e. The first-order chi connectivity index (χ1) is 8.24. The molecule has 0 bridgehead atoms. The first kappa shape index (κ1) is 12.1. The number of ether oxygens (including phenoxy) is 1. The van der Waals surface area contributed by atoms with Crippen LogP contribution in [0.1, 0.15) is 42.2 Å². The Balaban J connectivity index is 2.04. The summed E-state index contributed by atoms with van der Waals surface area (Å²) in [5.41, 5.74) is 8.24. The van der Waals surface area contributed by atoms with Gasteiger partial charge in [-0.2, -0.15) is 0 Å². The Kier molecular flexibility index (Phi) is 3.79. The number of rotatable bonds is 5. The third-order valence-electron chi connectivity index (χ3n) is 3.38. The van der Waals surface area contributed by atoms with Crippen molar-refractivity contribution in [1.82, 2.24) is 0 Å². The van der Waals surface area contributed by atoms with Crippen molar-refractivity contribution in [3.05, 3.63) is 35.4 Å². The molecule has 2 N–H and O–H groups in total. The molecule has 0 radical (unpaired) electrons. The summed E-state index contributed by atoms with van der Waals surface area (Å²) in [5, 5.41) is 0. The quantitative estimate of drug-likeness (QED) is 0.793. The molecule has 0 spiro atoms. The maximum absolute atomic E-state index is 11.3. The van der Waals surface area contributed by atoms with Gasteiger partial charge in [0.1, 0.15) is 0 Å². The van der Waals surface area contributed by atoms with Crippen molar-refractivity contribution in [2.24, 2.45) is 5.73 Å². The fraction of sp³-hybridized carbons (Fsp3) is 0.500. The molecule has 1 unspecified atom stereocenters. The Morgan fingerprint density at radius 1 is 1.41 bits per heavy atom. The van der Waals surface area contributed by atoms with Crippen LogP contribution in [0, 0.1) is 0 Å². The van der Waals surface area contributed by atoms with Gasteiger partial charge >= 0.3 is 5.97 Å². The average molecular weight is 233 g/mol. The van der Waals surface area contributed by atoms with Crippen LogP contribution in [0.25, 0.3) is 0 Å². The number of carbonyl (C=O) groups is 1. The van der Waals surface area contributed by atoms with Crippen LogP contribution >= 0.6 is 0 Å². The summed E-state index contributed by atoms with van der Waals surface area (Å²) >= 11 is 0. The van der Waals surface area contributed by atoms with Crippen LogP contribution in [0.15, 0.2) is 24.3 Å². The molecule has 17 heavy (non-hydrogen) atoms. The van der Waals surface area contributed by atoms with Crippen molar-refractivity contribution in [1.29, 1.82) is 0 Å². The third-order valence-corrected chi connectivity index (χ3v) is 3.38. The molecule has 1 fully saturated rings. The summed E-state index contributed by atoms with van der Waals surface area (Å²) in [7, 11) is 1.41. The Morgan fingerprint density at radius 2 is 2.06 bits per heavy atom. The lowest BCUT2D eigenvalue weighted by Gasteiger charge is -2.14. The van der Waals surface area contributed by atoms with Crippen LogP contribution in [-0.4, -0.2) is 19.6 Å². The van der Waals surface area contributed by atoms with E-state index in [0.717, 1.165) is 11.5 Å². The summed E-state index contributed by atoms with van der Waals surface area (Å²) in [6, 6.07) is 8.50. The molecule has 3 heteroatoms. The first-order valence-electron chi connectivity index (χ1n) is 6.11. The van der Waals surface area contributed by atoms with Crippen molar-refractivity contribution < 1.29 is 9.53 Å². The number of hydrogen-bond acceptors (Lipinski definition) is 3. The van der Waals surface area contributed by atoms with Crippen molar-refractivity contribution >= 4 is 5.97 Å². The van der Waals surface area contributed by atoms with Crippen LogP contribution in [0.4, 0.5) is 0 Å². The van der Waals surface area contributed by atoms with Gasteiger partial charge in [0.05, 0.1) is 13.5 Å². The predicted octanol–water partition coefficient (Wildman–Crippen LogP) is 2.17. The van der Waals surface area contributed by atoms with Gasteiger partial charge in [0.25, 0.3) is 0 Å². The Morgan fingerprint density at radius 3 is 2.53 bits per heavy atom. The largest absolute Gasteiger partial charge is 0.469 e. The van der Waals surface area contributed by atoms with Gasteiger partial charge in [0.2, 0.25) is 0 Å². The molecule has 0 heterocycles. The average Bonchev–Trinajstić information content (AvgIpc) is 3.20. The molecule has 1 aromatic rings. The SMILES string of the molecule is COC(=O)CC(CN)c1ccc(C2CC2)cc1. The lowest BCUT2D eigenvalue weighted by atomic mass is 9.94. The second kappa shape index (κ2) is 5.32. The van der Waals surface area contributed by atoms with Crippen molar-refractivity contribution in [2.75, 3.05) is 13.7 Å². The summed E-state index contributed by atoms with van der Waals surface area (Å²) in [4.78, 5) is 11.3. The second-order valence-electron chi connectivity index (χ2n) is 4.65. The molecule has 0 amide bonds. The van der Waals surface area contributed by atoms with Gasteiger partial charge in [0, 0.05) is 5.92 Å². The van der Waals surface area contributed by atoms with Gasteiger partial charge < -0.3 is 10.5 Å². The molecular weight excluding hydrogens is 214 g/mol. The maximum atomic E-state index is 11.3. The summed E-state index contributed by atoms with van der Waals surface area (Å²) in [5.74, 6) is 0.628. The van der Waals surface area contributed by atoms with E-state index in [1.54, 1.807) is 0 Å². The molecule has 2 rings (SSSR count). The van der Waals surface area contributed by atoms with E-state index in [4.69, 9.17) is 5.73 Å². The van der Waals surface area contributed by atoms with Gasteiger partial charge in [-0.3, -0.25) is 4.79 Å². The highest BCUT2D eigenvalue weighted by Gasteiger charge is 2.23. The fourth-order valence-corrected chi connectivity index (χ4v) is 2.08. The van der Waals surface area contributed by atoms with E-state index in [-0.39, 0.29) is 11.9 Å². The predicted molar refractivity (Wildman–Crippen MR) is 66.8 cm³/mol. The van der Waals surface area contributed by atoms with Crippen molar-refractivity contribution in [3.8, 4) is 0 Å². The van der Waals surface area contributed by atoms with Crippen molar-refractivity contribution in [2.45, 2.75) is 31.1 Å². The highest BCUT2D eigenvalue weighted by Crippen LogP contribution is 2.40. The number of methoxy groups -OCH3 is 1. The number of hydrogen-bond donors (Lipinski definition) is 1. The van der Waals surface area contributed by atoms with Crippen LogP contribution in [0.2, 0.25) is 0 Å². The fourth-order valence-electron chi connectivity index (χ4n) is 2.08. The second-order valence-corrected chi connectivity index (χ2v) is 4.65. The molecule has 1 aliphatic carbocycles. The van der Waals surface area contributed by atoms with E-state index < -0.39 is 0 Å². The van der Waals surface area contributed by atoms with Crippen molar-refractivity contribution in [3.63, 3.8) is 0 Å². The highest BCUT2D eigenvalue weighted by atomic mass is 16.5. The van der Waals surface area contributed by atoms with E-state index in [1.165, 1.54) is 25.5 Å². The number of benzene rings is 1. The van der Waals surface area contributed by atoms with Gasteiger partial charge in [-0.05, 0) is 36.4 Å².